The molecule has 0 radical (unpaired) electrons. The Labute approximate surface area is 149 Å². The van der Waals surface area contributed by atoms with Crippen molar-refractivity contribution < 1.29 is 13.2 Å². The van der Waals surface area contributed by atoms with E-state index in [9.17, 15) is 13.2 Å². The normalized spacial score (nSPS) is 23.0. The Morgan fingerprint density at radius 1 is 1.38 bits per heavy atom. The third kappa shape index (κ3) is 3.59. The molecule has 2 unspecified atom stereocenters. The van der Waals surface area contributed by atoms with Gasteiger partial charge >= 0.3 is 0 Å². The molecule has 1 aromatic carbocycles. The van der Waals surface area contributed by atoms with Gasteiger partial charge in [-0.25, -0.2) is 13.1 Å². The first kappa shape index (κ1) is 19.2. The van der Waals surface area contributed by atoms with Crippen LogP contribution in [0.25, 0.3) is 0 Å². The van der Waals surface area contributed by atoms with Crippen molar-refractivity contribution in [2.45, 2.75) is 43.5 Å². The summed E-state index contributed by atoms with van der Waals surface area (Å²) >= 11 is 0. The molecule has 1 amide bonds. The highest BCUT2D eigenvalue weighted by Crippen LogP contribution is 2.31. The molecule has 1 saturated carbocycles. The van der Waals surface area contributed by atoms with E-state index < -0.39 is 10.0 Å². The quantitative estimate of drug-likeness (QED) is 0.834. The lowest BCUT2D eigenvalue weighted by Crippen LogP contribution is -2.39. The Hall–Kier alpha value is -1.15. The molecule has 1 aliphatic heterocycles. The monoisotopic (exact) mass is 373 g/mol. The first-order valence-corrected chi connectivity index (χ1v) is 9.54. The van der Waals surface area contributed by atoms with Crippen molar-refractivity contribution in [3.05, 3.63) is 23.8 Å². The van der Waals surface area contributed by atoms with Crippen LogP contribution in [-0.4, -0.2) is 33.5 Å². The van der Waals surface area contributed by atoms with Gasteiger partial charge in [0.05, 0.1) is 4.90 Å². The van der Waals surface area contributed by atoms with Crippen LogP contribution in [0.1, 0.15) is 31.7 Å². The highest BCUT2D eigenvalue weighted by atomic mass is 35.5. The Kier molecular flexibility index (Phi) is 5.91. The summed E-state index contributed by atoms with van der Waals surface area (Å²) in [6.45, 7) is 2.61. The number of hydrogen-bond donors (Lipinski definition) is 2. The molecule has 0 saturated heterocycles. The van der Waals surface area contributed by atoms with Gasteiger partial charge in [-0.1, -0.05) is 12.5 Å². The van der Waals surface area contributed by atoms with Crippen molar-refractivity contribution in [1.82, 2.24) is 4.72 Å². The molecule has 1 aliphatic carbocycles. The summed E-state index contributed by atoms with van der Waals surface area (Å²) in [4.78, 5) is 13.5. The van der Waals surface area contributed by atoms with E-state index in [1.54, 1.807) is 17.0 Å². The number of hydrogen-bond acceptors (Lipinski definition) is 4. The number of nitrogens with zero attached hydrogens (tertiary/aromatic N) is 1. The summed E-state index contributed by atoms with van der Waals surface area (Å²) in [5, 5.41) is 0. The van der Waals surface area contributed by atoms with E-state index in [-0.39, 0.29) is 35.2 Å². The lowest BCUT2D eigenvalue weighted by atomic mass is 10.1. The number of carbonyl (C=O) groups excluding carboxylic acids is 1. The lowest BCUT2D eigenvalue weighted by Gasteiger charge is -2.20. The minimum atomic E-state index is -3.60. The fraction of sp³-hybridized carbons (Fsp3) is 0.562. The van der Waals surface area contributed by atoms with Gasteiger partial charge in [-0.2, -0.15) is 0 Å². The summed E-state index contributed by atoms with van der Waals surface area (Å²) in [5.41, 5.74) is 7.45. The molecule has 2 aliphatic rings. The molecule has 0 aromatic heterocycles. The van der Waals surface area contributed by atoms with Gasteiger partial charge in [0.25, 0.3) is 0 Å². The van der Waals surface area contributed by atoms with Crippen molar-refractivity contribution in [2.24, 2.45) is 11.7 Å². The van der Waals surface area contributed by atoms with Crippen LogP contribution in [0.5, 0.6) is 0 Å². The van der Waals surface area contributed by atoms with Gasteiger partial charge in [0, 0.05) is 25.2 Å². The standard InChI is InChI=1S/C16H23N3O3S.ClH/c1-11(20)19-8-7-12-5-6-14(9-16(12)19)23(21,22)18-15-4-2-3-13(15)10-17;/h5-6,9,13,15,18H,2-4,7-8,10,17H2,1H3;1H. The van der Waals surface area contributed by atoms with Gasteiger partial charge in [-0.05, 0) is 49.4 Å². The number of amides is 1. The molecule has 24 heavy (non-hydrogen) atoms. The summed E-state index contributed by atoms with van der Waals surface area (Å²) in [5.74, 6) is 0.137. The molecule has 134 valence electrons. The summed E-state index contributed by atoms with van der Waals surface area (Å²) in [6.07, 6.45) is 3.55. The molecule has 3 N–H and O–H groups in total. The van der Waals surface area contributed by atoms with E-state index in [4.69, 9.17) is 5.73 Å². The largest absolute Gasteiger partial charge is 0.330 e. The van der Waals surface area contributed by atoms with Crippen molar-refractivity contribution >= 4 is 34.0 Å². The van der Waals surface area contributed by atoms with Crippen molar-refractivity contribution in [2.75, 3.05) is 18.0 Å². The first-order chi connectivity index (χ1) is 10.9. The number of rotatable bonds is 4. The fourth-order valence-corrected chi connectivity index (χ4v) is 4.95. The Bertz CT molecular complexity index is 723. The van der Waals surface area contributed by atoms with E-state index in [0.29, 0.717) is 18.8 Å². The Balaban J connectivity index is 0.00000208. The maximum atomic E-state index is 12.7. The number of nitrogens with one attached hydrogen (secondary N) is 1. The molecule has 8 heteroatoms. The SMILES string of the molecule is CC(=O)N1CCc2ccc(S(=O)(=O)NC3CCCC3CN)cc21.Cl. The molecule has 1 fully saturated rings. The maximum absolute atomic E-state index is 12.7. The van der Waals surface area contributed by atoms with Crippen molar-refractivity contribution in [1.29, 1.82) is 0 Å². The first-order valence-electron chi connectivity index (χ1n) is 8.06. The number of anilines is 1. The predicted octanol–water partition coefficient (Wildman–Crippen LogP) is 1.42. The predicted molar refractivity (Wildman–Crippen MR) is 95.9 cm³/mol. The molecular formula is C16H24ClN3O3S. The second-order valence-corrected chi connectivity index (χ2v) is 8.08. The number of carbonyl (C=O) groups is 1. The molecule has 2 atom stereocenters. The van der Waals surface area contributed by atoms with Crippen LogP contribution in [0.4, 0.5) is 5.69 Å². The van der Waals surface area contributed by atoms with E-state index in [1.165, 1.54) is 6.92 Å². The van der Waals surface area contributed by atoms with Gasteiger partial charge in [0.1, 0.15) is 0 Å². The zero-order chi connectivity index (χ0) is 16.6. The summed E-state index contributed by atoms with van der Waals surface area (Å²) in [7, 11) is -3.60. The molecular weight excluding hydrogens is 350 g/mol. The maximum Gasteiger partial charge on any atom is 0.240 e. The lowest BCUT2D eigenvalue weighted by molar-refractivity contribution is -0.116. The molecule has 6 nitrogen and oxygen atoms in total. The van der Waals surface area contributed by atoms with Gasteiger partial charge < -0.3 is 10.6 Å². The summed E-state index contributed by atoms with van der Waals surface area (Å²) in [6, 6.07) is 4.94. The number of sulfonamides is 1. The highest BCUT2D eigenvalue weighted by Gasteiger charge is 2.31. The Morgan fingerprint density at radius 3 is 2.79 bits per heavy atom. The van der Waals surface area contributed by atoms with Crippen LogP contribution in [-0.2, 0) is 21.2 Å². The minimum absolute atomic E-state index is 0. The number of benzene rings is 1. The van der Waals surface area contributed by atoms with E-state index >= 15 is 0 Å². The summed E-state index contributed by atoms with van der Waals surface area (Å²) < 4.78 is 28.1. The van der Waals surface area contributed by atoms with Crippen LogP contribution in [0.3, 0.4) is 0 Å². The van der Waals surface area contributed by atoms with Crippen molar-refractivity contribution in [3.8, 4) is 0 Å². The molecule has 0 bridgehead atoms. The highest BCUT2D eigenvalue weighted by molar-refractivity contribution is 7.89. The van der Waals surface area contributed by atoms with E-state index in [2.05, 4.69) is 4.72 Å². The smallest absolute Gasteiger partial charge is 0.240 e. The second-order valence-electron chi connectivity index (χ2n) is 6.37. The van der Waals surface area contributed by atoms with Gasteiger partial charge in [-0.15, -0.1) is 12.4 Å². The van der Waals surface area contributed by atoms with Gasteiger partial charge in [0.15, 0.2) is 0 Å². The average Bonchev–Trinajstić information content (AvgIpc) is 3.11. The molecule has 3 rings (SSSR count). The minimum Gasteiger partial charge on any atom is -0.330 e. The number of nitrogens with two attached hydrogens (primary N) is 1. The topological polar surface area (TPSA) is 92.5 Å². The Morgan fingerprint density at radius 2 is 2.12 bits per heavy atom. The van der Waals surface area contributed by atoms with Crippen molar-refractivity contribution in [3.63, 3.8) is 0 Å². The van der Waals surface area contributed by atoms with Gasteiger partial charge in [-0.3, -0.25) is 4.79 Å². The third-order valence-corrected chi connectivity index (χ3v) is 6.40. The number of halogens is 1. The fourth-order valence-electron chi connectivity index (χ4n) is 3.59. The zero-order valence-electron chi connectivity index (χ0n) is 13.7. The van der Waals surface area contributed by atoms with Crippen LogP contribution in [0, 0.1) is 5.92 Å². The average molecular weight is 374 g/mol. The molecule has 1 heterocycles. The van der Waals surface area contributed by atoms with E-state index in [0.717, 1.165) is 31.2 Å². The van der Waals surface area contributed by atoms with Gasteiger partial charge in [0.2, 0.25) is 15.9 Å². The van der Waals surface area contributed by atoms with Crippen LogP contribution in [0.2, 0.25) is 0 Å². The molecule has 0 spiro atoms. The van der Waals surface area contributed by atoms with Crippen LogP contribution < -0.4 is 15.4 Å². The van der Waals surface area contributed by atoms with Crippen LogP contribution >= 0.6 is 12.4 Å². The van der Waals surface area contributed by atoms with Crippen LogP contribution in [0.15, 0.2) is 23.1 Å². The third-order valence-electron chi connectivity index (χ3n) is 4.91. The second kappa shape index (κ2) is 7.39. The zero-order valence-corrected chi connectivity index (χ0v) is 15.3. The number of fused-ring (bicyclic) bond motifs is 1. The molecule has 1 aromatic rings. The van der Waals surface area contributed by atoms with E-state index in [1.807, 2.05) is 6.07 Å².